The molecule has 7 nitrogen and oxygen atoms in total. The lowest BCUT2D eigenvalue weighted by Crippen LogP contribution is -2.52. The van der Waals surface area contributed by atoms with E-state index in [1.54, 1.807) is 32.9 Å². The van der Waals surface area contributed by atoms with E-state index in [9.17, 15) is 9.59 Å². The Kier molecular flexibility index (Phi) is 4.65. The summed E-state index contributed by atoms with van der Waals surface area (Å²) in [5.41, 5.74) is 4.26. The number of aromatic nitrogens is 3. The minimum atomic E-state index is -0.181. The largest absolute Gasteiger partial charge is 0.327 e. The van der Waals surface area contributed by atoms with Crippen molar-refractivity contribution < 1.29 is 9.59 Å². The van der Waals surface area contributed by atoms with E-state index in [0.29, 0.717) is 24.3 Å². The highest BCUT2D eigenvalue weighted by atomic mass is 16.2. The number of carbonyl (C=O) groups is 2. The predicted molar refractivity (Wildman–Crippen MR) is 106 cm³/mol. The quantitative estimate of drug-likeness (QED) is 0.705. The number of hydrogen-bond donors (Lipinski definition) is 0. The van der Waals surface area contributed by atoms with Crippen LogP contribution in [-0.4, -0.2) is 51.1 Å². The fraction of sp³-hybridized carbons (Fsp3) is 0.238. The van der Waals surface area contributed by atoms with Crippen LogP contribution in [0, 0.1) is 13.8 Å². The van der Waals surface area contributed by atoms with Gasteiger partial charge in [0.05, 0.1) is 11.3 Å². The summed E-state index contributed by atoms with van der Waals surface area (Å²) in [6, 6.07) is 13.3. The number of amides is 2. The molecule has 2 aromatic carbocycles. The number of nitrogens with zero attached hydrogens (tertiary/aromatic N) is 5. The normalized spacial score (nSPS) is 14.4. The zero-order valence-corrected chi connectivity index (χ0v) is 15.9. The molecule has 1 saturated heterocycles. The van der Waals surface area contributed by atoms with E-state index in [1.165, 1.54) is 6.33 Å². The van der Waals surface area contributed by atoms with E-state index < -0.39 is 0 Å². The van der Waals surface area contributed by atoms with Gasteiger partial charge >= 0.3 is 0 Å². The van der Waals surface area contributed by atoms with Crippen molar-refractivity contribution in [2.45, 2.75) is 13.8 Å². The molecule has 0 spiro atoms. The van der Waals surface area contributed by atoms with Gasteiger partial charge in [0.25, 0.3) is 5.91 Å². The van der Waals surface area contributed by atoms with Crippen molar-refractivity contribution in [3.63, 3.8) is 0 Å². The first kappa shape index (κ1) is 17.9. The number of para-hydroxylation sites is 1. The van der Waals surface area contributed by atoms with E-state index in [4.69, 9.17) is 0 Å². The maximum absolute atomic E-state index is 13.1. The van der Waals surface area contributed by atoms with Crippen LogP contribution in [0.15, 0.2) is 55.1 Å². The van der Waals surface area contributed by atoms with Crippen molar-refractivity contribution in [1.82, 2.24) is 19.7 Å². The van der Waals surface area contributed by atoms with Gasteiger partial charge in [0.15, 0.2) is 0 Å². The molecule has 1 aliphatic rings. The first-order valence-corrected chi connectivity index (χ1v) is 9.15. The van der Waals surface area contributed by atoms with Crippen molar-refractivity contribution in [1.29, 1.82) is 0 Å². The van der Waals surface area contributed by atoms with Gasteiger partial charge in [-0.2, -0.15) is 5.10 Å². The molecule has 2 amide bonds. The lowest BCUT2D eigenvalue weighted by atomic mass is 10.1. The third kappa shape index (κ3) is 3.38. The van der Waals surface area contributed by atoms with Gasteiger partial charge < -0.3 is 9.80 Å². The Morgan fingerprint density at radius 1 is 1.04 bits per heavy atom. The number of rotatable bonds is 3. The average molecular weight is 375 g/mol. The maximum atomic E-state index is 13.1. The van der Waals surface area contributed by atoms with Crippen LogP contribution in [0.1, 0.15) is 21.5 Å². The molecule has 0 bridgehead atoms. The molecule has 2 heterocycles. The second-order valence-electron chi connectivity index (χ2n) is 6.98. The van der Waals surface area contributed by atoms with Crippen molar-refractivity contribution in [2.75, 3.05) is 24.5 Å². The highest BCUT2D eigenvalue weighted by Crippen LogP contribution is 2.22. The number of benzene rings is 2. The maximum Gasteiger partial charge on any atom is 0.256 e. The van der Waals surface area contributed by atoms with Crippen LogP contribution < -0.4 is 4.90 Å². The topological polar surface area (TPSA) is 71.3 Å². The minimum absolute atomic E-state index is 0.0531. The van der Waals surface area contributed by atoms with Crippen molar-refractivity contribution in [3.8, 4) is 5.69 Å². The van der Waals surface area contributed by atoms with Crippen molar-refractivity contribution >= 4 is 17.5 Å². The van der Waals surface area contributed by atoms with Crippen LogP contribution in [-0.2, 0) is 4.79 Å². The van der Waals surface area contributed by atoms with Crippen LogP contribution in [0.2, 0.25) is 0 Å². The standard InChI is InChI=1S/C21H21N5O2/c1-15-9-16(2)11-17(10-15)25-8-7-24(12-20(25)27)21(28)18-5-3-4-6-19(18)26-14-22-13-23-26/h3-6,9-11,13-14H,7-8,12H2,1-2H3. The Labute approximate surface area is 163 Å². The van der Waals surface area contributed by atoms with Crippen molar-refractivity contribution in [2.24, 2.45) is 0 Å². The molecule has 28 heavy (non-hydrogen) atoms. The van der Waals surface area contributed by atoms with Gasteiger partial charge in [0.2, 0.25) is 5.91 Å². The molecular weight excluding hydrogens is 354 g/mol. The van der Waals surface area contributed by atoms with E-state index >= 15 is 0 Å². The molecule has 1 aromatic heterocycles. The van der Waals surface area contributed by atoms with Crippen molar-refractivity contribution in [3.05, 3.63) is 71.8 Å². The van der Waals surface area contributed by atoms with Gasteiger partial charge in [-0.15, -0.1) is 0 Å². The number of anilines is 1. The molecule has 0 aliphatic carbocycles. The summed E-state index contributed by atoms with van der Waals surface area (Å²) < 4.78 is 1.56. The van der Waals surface area contributed by atoms with E-state index in [0.717, 1.165) is 16.8 Å². The fourth-order valence-corrected chi connectivity index (χ4v) is 3.58. The summed E-state index contributed by atoms with van der Waals surface area (Å²) in [4.78, 5) is 33.2. The number of piperazine rings is 1. The predicted octanol–water partition coefficient (Wildman–Crippen LogP) is 2.37. The molecule has 0 radical (unpaired) electrons. The minimum Gasteiger partial charge on any atom is -0.327 e. The summed E-state index contributed by atoms with van der Waals surface area (Å²) in [6.45, 7) is 5.03. The molecule has 3 aromatic rings. The van der Waals surface area contributed by atoms with E-state index in [-0.39, 0.29) is 18.4 Å². The van der Waals surface area contributed by atoms with Crippen LogP contribution in [0.25, 0.3) is 5.69 Å². The van der Waals surface area contributed by atoms with Crippen LogP contribution in [0.3, 0.4) is 0 Å². The zero-order valence-electron chi connectivity index (χ0n) is 15.9. The molecular formula is C21H21N5O2. The molecule has 7 heteroatoms. The molecule has 0 unspecified atom stereocenters. The molecule has 0 N–H and O–H groups in total. The van der Waals surface area contributed by atoms with Gasteiger partial charge in [0.1, 0.15) is 19.2 Å². The van der Waals surface area contributed by atoms with Gasteiger partial charge in [-0.3, -0.25) is 9.59 Å². The third-order valence-electron chi connectivity index (χ3n) is 4.83. The Morgan fingerprint density at radius 3 is 2.46 bits per heavy atom. The first-order valence-electron chi connectivity index (χ1n) is 9.15. The highest BCUT2D eigenvalue weighted by Gasteiger charge is 2.30. The summed E-state index contributed by atoms with van der Waals surface area (Å²) >= 11 is 0. The highest BCUT2D eigenvalue weighted by molar-refractivity contribution is 6.03. The first-order chi connectivity index (χ1) is 13.5. The fourth-order valence-electron chi connectivity index (χ4n) is 3.58. The van der Waals surface area contributed by atoms with Gasteiger partial charge in [-0.1, -0.05) is 18.2 Å². The van der Waals surface area contributed by atoms with Gasteiger partial charge in [-0.05, 0) is 49.2 Å². The van der Waals surface area contributed by atoms with Crippen LogP contribution >= 0.6 is 0 Å². The van der Waals surface area contributed by atoms with Crippen LogP contribution in [0.4, 0.5) is 5.69 Å². The Bertz CT molecular complexity index is 1010. The van der Waals surface area contributed by atoms with E-state index in [2.05, 4.69) is 16.1 Å². The molecule has 0 atom stereocenters. The second-order valence-corrected chi connectivity index (χ2v) is 6.98. The second kappa shape index (κ2) is 7.26. The molecule has 1 fully saturated rings. The zero-order chi connectivity index (χ0) is 19.7. The summed E-state index contributed by atoms with van der Waals surface area (Å²) in [5, 5.41) is 4.12. The third-order valence-corrected chi connectivity index (χ3v) is 4.83. The summed E-state index contributed by atoms with van der Waals surface area (Å²) in [7, 11) is 0. The number of aryl methyl sites for hydroxylation is 2. The van der Waals surface area contributed by atoms with Crippen LogP contribution in [0.5, 0.6) is 0 Å². The molecule has 0 saturated carbocycles. The molecule has 4 rings (SSSR count). The summed E-state index contributed by atoms with van der Waals surface area (Å²) in [5.74, 6) is -0.262. The number of hydrogen-bond acceptors (Lipinski definition) is 4. The summed E-state index contributed by atoms with van der Waals surface area (Å²) in [6.07, 6.45) is 2.97. The molecule has 1 aliphatic heterocycles. The molecule has 142 valence electrons. The Hall–Kier alpha value is -3.48. The lowest BCUT2D eigenvalue weighted by molar-refractivity contribution is -0.120. The number of carbonyl (C=O) groups excluding carboxylic acids is 2. The van der Waals surface area contributed by atoms with E-state index in [1.807, 2.05) is 38.1 Å². The average Bonchev–Trinajstić information content (AvgIpc) is 3.21. The Morgan fingerprint density at radius 2 is 1.79 bits per heavy atom. The monoisotopic (exact) mass is 375 g/mol. The smallest absolute Gasteiger partial charge is 0.256 e. The Balaban J connectivity index is 1.55. The van der Waals surface area contributed by atoms with Gasteiger partial charge in [0, 0.05) is 18.8 Å². The SMILES string of the molecule is Cc1cc(C)cc(N2CCN(C(=O)c3ccccc3-n3cncn3)CC2=O)c1. The lowest BCUT2D eigenvalue weighted by Gasteiger charge is -2.35. The van der Waals surface area contributed by atoms with Gasteiger partial charge in [-0.25, -0.2) is 9.67 Å².